The first-order valence-corrected chi connectivity index (χ1v) is 17.9. The number of carbonyl (C=O) groups is 2. The summed E-state index contributed by atoms with van der Waals surface area (Å²) in [5, 5.41) is 20.8. The number of carbonyl (C=O) groups excluding carboxylic acids is 2. The molecule has 0 saturated carbocycles. The number of rotatable bonds is 11. The summed E-state index contributed by atoms with van der Waals surface area (Å²) in [6.45, 7) is 3.34. The van der Waals surface area contributed by atoms with E-state index in [4.69, 9.17) is 14.5 Å². The van der Waals surface area contributed by atoms with E-state index in [9.17, 15) is 14.7 Å². The normalized spacial score (nSPS) is 13.4. The highest BCUT2D eigenvalue weighted by molar-refractivity contribution is 6.13. The van der Waals surface area contributed by atoms with Gasteiger partial charge in [0, 0.05) is 65.5 Å². The highest BCUT2D eigenvalue weighted by atomic mass is 16.5. The van der Waals surface area contributed by atoms with Gasteiger partial charge in [0.15, 0.2) is 23.7 Å². The third-order valence-corrected chi connectivity index (χ3v) is 9.69. The molecule has 7 aromatic rings. The Hall–Kier alpha value is -6.92. The molecule has 0 spiro atoms. The van der Waals surface area contributed by atoms with Crippen molar-refractivity contribution in [2.45, 2.75) is 6.67 Å². The van der Waals surface area contributed by atoms with Crippen molar-refractivity contribution in [3.05, 3.63) is 139 Å². The molecule has 55 heavy (non-hydrogen) atoms. The van der Waals surface area contributed by atoms with E-state index in [1.54, 1.807) is 42.1 Å². The van der Waals surface area contributed by atoms with Crippen molar-refractivity contribution in [3.63, 3.8) is 0 Å². The molecule has 4 heterocycles. The fraction of sp³-hybridized carbons (Fsp3) is 0.163. The van der Waals surface area contributed by atoms with Gasteiger partial charge in [-0.3, -0.25) is 19.1 Å². The summed E-state index contributed by atoms with van der Waals surface area (Å²) in [6.07, 6.45) is 1.67. The predicted molar refractivity (Wildman–Crippen MR) is 210 cm³/mol. The van der Waals surface area contributed by atoms with E-state index < -0.39 is 5.91 Å². The van der Waals surface area contributed by atoms with Crippen molar-refractivity contribution in [2.24, 2.45) is 10.2 Å². The van der Waals surface area contributed by atoms with E-state index in [-0.39, 0.29) is 24.0 Å². The maximum absolute atomic E-state index is 13.8. The quantitative estimate of drug-likeness (QED) is 0.105. The number of hydrogen-bond acceptors (Lipinski definition) is 10. The van der Waals surface area contributed by atoms with Crippen LogP contribution in [0.1, 0.15) is 15.9 Å². The van der Waals surface area contributed by atoms with Crippen LogP contribution in [0.15, 0.2) is 138 Å². The smallest absolute Gasteiger partial charge is 0.302 e. The van der Waals surface area contributed by atoms with Gasteiger partial charge in [0.25, 0.3) is 0 Å². The lowest BCUT2D eigenvalue weighted by Crippen LogP contribution is -2.46. The molecule has 0 radical (unpaired) electrons. The van der Waals surface area contributed by atoms with Gasteiger partial charge in [-0.2, -0.15) is 0 Å². The van der Waals surface area contributed by atoms with Gasteiger partial charge in [-0.15, -0.1) is 10.2 Å². The molecule has 1 aliphatic rings. The van der Waals surface area contributed by atoms with Crippen LogP contribution < -0.4 is 14.4 Å². The standard InChI is InChI=1S/C43H37N7O5/c1-54-33-19-15-32(16-20-33)49-24-22-48(23-25-49)28-50-37-12-6-5-11-35(37)40(43(50)53)47-46-38(51)27-55-34-17-13-30(14-18-34)41(52)36-26-31-10-7-21-44-42(31)45-39(36)29-8-3-2-4-9-29/h2-21,26,53H,22-25,27-28H2,1H3. The molecule has 12 heteroatoms. The Morgan fingerprint density at radius 1 is 0.818 bits per heavy atom. The number of anilines is 1. The maximum Gasteiger partial charge on any atom is 0.302 e. The van der Waals surface area contributed by atoms with Crippen molar-refractivity contribution in [1.29, 1.82) is 0 Å². The molecule has 274 valence electrons. The van der Waals surface area contributed by atoms with Crippen molar-refractivity contribution in [1.82, 2.24) is 19.4 Å². The predicted octanol–water partition coefficient (Wildman–Crippen LogP) is 7.67. The minimum Gasteiger partial charge on any atom is -0.497 e. The summed E-state index contributed by atoms with van der Waals surface area (Å²) in [5.74, 6) is 0.310. The molecule has 1 fully saturated rings. The average molecular weight is 732 g/mol. The number of amides is 1. The second-order valence-electron chi connectivity index (χ2n) is 13.1. The Morgan fingerprint density at radius 3 is 2.31 bits per heavy atom. The van der Waals surface area contributed by atoms with Crippen LogP contribution in [0.4, 0.5) is 11.4 Å². The number of azo groups is 1. The van der Waals surface area contributed by atoms with Crippen LogP contribution in [-0.2, 0) is 11.5 Å². The minimum atomic E-state index is -0.630. The molecule has 8 rings (SSSR count). The van der Waals surface area contributed by atoms with Gasteiger partial charge in [0.2, 0.25) is 5.88 Å². The van der Waals surface area contributed by atoms with Crippen LogP contribution >= 0.6 is 0 Å². The first-order valence-electron chi connectivity index (χ1n) is 17.9. The van der Waals surface area contributed by atoms with Crippen LogP contribution in [-0.4, -0.2) is 76.1 Å². The molecule has 4 aromatic carbocycles. The Morgan fingerprint density at radius 2 is 1.55 bits per heavy atom. The molecule has 1 aliphatic heterocycles. The van der Waals surface area contributed by atoms with Gasteiger partial charge in [-0.1, -0.05) is 48.5 Å². The van der Waals surface area contributed by atoms with Crippen LogP contribution in [0.25, 0.3) is 33.2 Å². The Balaban J connectivity index is 0.916. The summed E-state index contributed by atoms with van der Waals surface area (Å²) in [4.78, 5) is 40.3. The first kappa shape index (κ1) is 35.1. The molecule has 0 bridgehead atoms. The summed E-state index contributed by atoms with van der Waals surface area (Å²) < 4.78 is 12.8. The number of pyridine rings is 2. The summed E-state index contributed by atoms with van der Waals surface area (Å²) in [6, 6.07) is 37.2. The number of ketones is 1. The number of para-hydroxylation sites is 1. The molecule has 0 atom stereocenters. The van der Waals surface area contributed by atoms with Crippen LogP contribution in [0, 0.1) is 0 Å². The zero-order valence-electron chi connectivity index (χ0n) is 30.1. The molecule has 0 aliphatic carbocycles. The number of nitrogens with zero attached hydrogens (tertiary/aromatic N) is 7. The van der Waals surface area contributed by atoms with E-state index >= 15 is 0 Å². The lowest BCUT2D eigenvalue weighted by Gasteiger charge is -2.36. The van der Waals surface area contributed by atoms with Gasteiger partial charge in [-0.05, 0) is 72.8 Å². The van der Waals surface area contributed by atoms with E-state index in [2.05, 4.69) is 37.1 Å². The second-order valence-corrected chi connectivity index (χ2v) is 13.1. The molecule has 0 unspecified atom stereocenters. The SMILES string of the molecule is COc1ccc(N2CCN(Cn3c(O)c(N=NC(=O)COc4ccc(C(=O)c5cc6cccnc6nc5-c5ccccc5)cc4)c4ccccc43)CC2)cc1. The number of ether oxygens (including phenoxy) is 2. The fourth-order valence-corrected chi connectivity index (χ4v) is 6.79. The number of piperazine rings is 1. The Labute approximate surface area is 316 Å². The van der Waals surface area contributed by atoms with E-state index in [1.807, 2.05) is 84.9 Å². The van der Waals surface area contributed by atoms with Gasteiger partial charge in [0.05, 0.1) is 25.0 Å². The van der Waals surface area contributed by atoms with Gasteiger partial charge >= 0.3 is 5.91 Å². The number of methoxy groups -OCH3 is 1. The number of aromatic nitrogens is 3. The van der Waals surface area contributed by atoms with Gasteiger partial charge in [-0.25, -0.2) is 9.97 Å². The monoisotopic (exact) mass is 731 g/mol. The topological polar surface area (TPSA) is 135 Å². The van der Waals surface area contributed by atoms with E-state index in [0.717, 1.165) is 54.1 Å². The molecular weight excluding hydrogens is 695 g/mol. The van der Waals surface area contributed by atoms with Crippen molar-refractivity contribution in [3.8, 4) is 28.6 Å². The van der Waals surface area contributed by atoms with E-state index in [0.29, 0.717) is 40.3 Å². The minimum absolute atomic E-state index is 0.0650. The first-order chi connectivity index (χ1) is 26.9. The highest BCUT2D eigenvalue weighted by Gasteiger charge is 2.23. The fourth-order valence-electron chi connectivity index (χ4n) is 6.79. The maximum atomic E-state index is 13.8. The zero-order valence-corrected chi connectivity index (χ0v) is 30.1. The van der Waals surface area contributed by atoms with Crippen LogP contribution in [0.5, 0.6) is 17.4 Å². The second kappa shape index (κ2) is 15.6. The van der Waals surface area contributed by atoms with Crippen molar-refractivity contribution in [2.75, 3.05) is 44.8 Å². The van der Waals surface area contributed by atoms with E-state index in [1.165, 1.54) is 0 Å². The number of hydrogen-bond donors (Lipinski definition) is 1. The number of benzene rings is 4. The summed E-state index contributed by atoms with van der Waals surface area (Å²) >= 11 is 0. The summed E-state index contributed by atoms with van der Waals surface area (Å²) in [7, 11) is 1.66. The third kappa shape index (κ3) is 7.48. The van der Waals surface area contributed by atoms with Crippen molar-refractivity contribution < 1.29 is 24.2 Å². The zero-order chi connectivity index (χ0) is 37.7. The molecule has 12 nitrogen and oxygen atoms in total. The highest BCUT2D eigenvalue weighted by Crippen LogP contribution is 2.39. The number of aromatic hydroxyl groups is 1. The molecule has 1 amide bonds. The Bertz CT molecular complexity index is 2510. The largest absolute Gasteiger partial charge is 0.497 e. The van der Waals surface area contributed by atoms with Crippen LogP contribution in [0.3, 0.4) is 0 Å². The lowest BCUT2D eigenvalue weighted by molar-refractivity contribution is -0.120. The van der Waals surface area contributed by atoms with Gasteiger partial charge in [0.1, 0.15) is 11.5 Å². The van der Waals surface area contributed by atoms with Crippen molar-refractivity contribution >= 4 is 45.0 Å². The number of fused-ring (bicyclic) bond motifs is 2. The lowest BCUT2D eigenvalue weighted by atomic mass is 9.97. The molecule has 1 N–H and O–H groups in total. The van der Waals surface area contributed by atoms with Crippen LogP contribution in [0.2, 0.25) is 0 Å². The summed E-state index contributed by atoms with van der Waals surface area (Å²) in [5.41, 5.74) is 4.95. The molecule has 1 saturated heterocycles. The third-order valence-electron chi connectivity index (χ3n) is 9.69. The molecular formula is C43H37N7O5. The molecule has 3 aromatic heterocycles. The average Bonchev–Trinajstić information content (AvgIpc) is 3.51. The Kier molecular flexibility index (Phi) is 9.96. The van der Waals surface area contributed by atoms with Gasteiger partial charge < -0.3 is 19.5 Å².